The number of ether oxygens (including phenoxy) is 1. The van der Waals surface area contributed by atoms with E-state index in [4.69, 9.17) is 4.74 Å². The molecule has 126 valence electrons. The third-order valence-corrected chi connectivity index (χ3v) is 5.41. The molecule has 23 heavy (non-hydrogen) atoms. The van der Waals surface area contributed by atoms with E-state index in [1.165, 1.54) is 0 Å². The molecule has 2 fully saturated rings. The number of nitrogens with zero attached hydrogens (tertiary/aromatic N) is 4. The number of hydrogen-bond acceptors (Lipinski definition) is 5. The van der Waals surface area contributed by atoms with Gasteiger partial charge in [0.25, 0.3) is 0 Å². The number of amides is 2. The average molecular weight is 338 g/mol. The van der Waals surface area contributed by atoms with Gasteiger partial charge in [-0.1, -0.05) is 0 Å². The second-order valence-electron chi connectivity index (χ2n) is 5.95. The van der Waals surface area contributed by atoms with Crippen molar-refractivity contribution < 1.29 is 14.3 Å². The molecule has 0 N–H and O–H groups in total. The molecule has 0 spiro atoms. The molecule has 2 saturated heterocycles. The summed E-state index contributed by atoms with van der Waals surface area (Å²) in [6, 6.07) is -0.0171. The maximum absolute atomic E-state index is 12.7. The molecule has 3 heterocycles. The summed E-state index contributed by atoms with van der Waals surface area (Å²) in [6.07, 6.45) is 1.86. The van der Waals surface area contributed by atoms with Crippen molar-refractivity contribution in [3.05, 3.63) is 11.3 Å². The lowest BCUT2D eigenvalue weighted by molar-refractivity contribution is -0.138. The van der Waals surface area contributed by atoms with E-state index in [1.807, 2.05) is 18.9 Å². The van der Waals surface area contributed by atoms with Gasteiger partial charge in [-0.3, -0.25) is 9.59 Å². The highest BCUT2D eigenvalue weighted by Crippen LogP contribution is 2.38. The third kappa shape index (κ3) is 2.91. The highest BCUT2D eigenvalue weighted by molar-refractivity contribution is 8.00. The normalized spacial score (nSPS) is 21.3. The maximum atomic E-state index is 12.7. The van der Waals surface area contributed by atoms with Gasteiger partial charge in [0.15, 0.2) is 0 Å². The molecule has 0 unspecified atom stereocenters. The summed E-state index contributed by atoms with van der Waals surface area (Å²) >= 11 is 1.56. The lowest BCUT2D eigenvalue weighted by Gasteiger charge is -2.27. The standard InChI is InChI=1S/C15H22N4O3S/c1-10-14(15(22-3)17(2)16-10)11-5-4-6-19(11)12(20)7-18-9-23-8-13(18)21/h11H,4-9H2,1-3H3/t11-/m0/s1. The predicted octanol–water partition coefficient (Wildman–Crippen LogP) is 0.934. The second-order valence-corrected chi connectivity index (χ2v) is 6.90. The Hall–Kier alpha value is -1.70. The van der Waals surface area contributed by atoms with E-state index in [2.05, 4.69) is 5.10 Å². The minimum atomic E-state index is -0.0171. The van der Waals surface area contributed by atoms with Crippen molar-refractivity contribution in [2.45, 2.75) is 25.8 Å². The number of rotatable bonds is 4. The molecule has 1 aromatic rings. The molecule has 7 nitrogen and oxygen atoms in total. The lowest BCUT2D eigenvalue weighted by Crippen LogP contribution is -2.40. The Balaban J connectivity index is 1.80. The Bertz CT molecular complexity index is 630. The molecule has 0 saturated carbocycles. The highest BCUT2D eigenvalue weighted by atomic mass is 32.2. The van der Waals surface area contributed by atoms with E-state index < -0.39 is 0 Å². The van der Waals surface area contributed by atoms with Crippen molar-refractivity contribution in [3.63, 3.8) is 0 Å². The highest BCUT2D eigenvalue weighted by Gasteiger charge is 2.36. The minimum Gasteiger partial charge on any atom is -0.481 e. The molecule has 2 aliphatic heterocycles. The number of thioether (sulfide) groups is 1. The summed E-state index contributed by atoms with van der Waals surface area (Å²) in [4.78, 5) is 28.0. The van der Waals surface area contributed by atoms with Crippen molar-refractivity contribution >= 4 is 23.6 Å². The molecule has 0 radical (unpaired) electrons. The molecule has 0 aromatic carbocycles. The monoisotopic (exact) mass is 338 g/mol. The lowest BCUT2D eigenvalue weighted by atomic mass is 10.0. The Morgan fingerprint density at radius 2 is 2.26 bits per heavy atom. The Morgan fingerprint density at radius 3 is 2.91 bits per heavy atom. The number of methoxy groups -OCH3 is 1. The van der Waals surface area contributed by atoms with Crippen LogP contribution in [0.15, 0.2) is 0 Å². The summed E-state index contributed by atoms with van der Waals surface area (Å²) < 4.78 is 7.20. The molecule has 0 bridgehead atoms. The van der Waals surface area contributed by atoms with Gasteiger partial charge in [-0.25, -0.2) is 4.68 Å². The number of aryl methyl sites for hydroxylation is 2. The van der Waals surface area contributed by atoms with Crippen LogP contribution < -0.4 is 4.74 Å². The average Bonchev–Trinajstić information content (AvgIpc) is 3.19. The van der Waals surface area contributed by atoms with Crippen molar-refractivity contribution in [1.29, 1.82) is 0 Å². The van der Waals surface area contributed by atoms with Crippen LogP contribution in [0.3, 0.4) is 0 Å². The van der Waals surface area contributed by atoms with Gasteiger partial charge >= 0.3 is 0 Å². The first-order chi connectivity index (χ1) is 11.0. The predicted molar refractivity (Wildman–Crippen MR) is 87.2 cm³/mol. The van der Waals surface area contributed by atoms with E-state index in [0.29, 0.717) is 17.5 Å². The maximum Gasteiger partial charge on any atom is 0.242 e. The van der Waals surface area contributed by atoms with E-state index in [9.17, 15) is 9.59 Å². The number of likely N-dealkylation sites (tertiary alicyclic amines) is 1. The van der Waals surface area contributed by atoms with Crippen molar-refractivity contribution in [1.82, 2.24) is 19.6 Å². The number of aromatic nitrogens is 2. The van der Waals surface area contributed by atoms with Gasteiger partial charge in [-0.15, -0.1) is 11.8 Å². The van der Waals surface area contributed by atoms with Gasteiger partial charge in [0.05, 0.1) is 36.0 Å². The van der Waals surface area contributed by atoms with Crippen LogP contribution in [0.25, 0.3) is 0 Å². The summed E-state index contributed by atoms with van der Waals surface area (Å²) in [5.74, 6) is 1.85. The van der Waals surface area contributed by atoms with Gasteiger partial charge in [-0.05, 0) is 19.8 Å². The first-order valence-electron chi connectivity index (χ1n) is 7.75. The number of carbonyl (C=O) groups excluding carboxylic acids is 2. The van der Waals surface area contributed by atoms with Crippen LogP contribution >= 0.6 is 11.8 Å². The summed E-state index contributed by atoms with van der Waals surface area (Å²) in [5.41, 5.74) is 1.88. The van der Waals surface area contributed by atoms with Crippen LogP contribution in [0.1, 0.15) is 30.1 Å². The molecular formula is C15H22N4O3S. The fraction of sp³-hybridized carbons (Fsp3) is 0.667. The van der Waals surface area contributed by atoms with Crippen molar-refractivity contribution in [2.75, 3.05) is 31.8 Å². The number of hydrogen-bond donors (Lipinski definition) is 0. The summed E-state index contributed by atoms with van der Waals surface area (Å²) in [7, 11) is 3.47. The van der Waals surface area contributed by atoms with E-state index in [1.54, 1.807) is 28.5 Å². The molecule has 3 rings (SSSR count). The Morgan fingerprint density at radius 1 is 1.48 bits per heavy atom. The fourth-order valence-corrected chi connectivity index (χ4v) is 4.34. The van der Waals surface area contributed by atoms with Crippen LogP contribution in [-0.2, 0) is 16.6 Å². The van der Waals surface area contributed by atoms with Crippen LogP contribution in [0.5, 0.6) is 5.88 Å². The van der Waals surface area contributed by atoms with Gasteiger partial charge in [-0.2, -0.15) is 5.10 Å². The third-order valence-electron chi connectivity index (χ3n) is 4.47. The van der Waals surface area contributed by atoms with Gasteiger partial charge < -0.3 is 14.5 Å². The zero-order chi connectivity index (χ0) is 16.6. The second kappa shape index (κ2) is 6.43. The van der Waals surface area contributed by atoms with Crippen LogP contribution in [0, 0.1) is 6.92 Å². The Labute approximate surface area is 139 Å². The van der Waals surface area contributed by atoms with E-state index in [0.717, 1.165) is 30.6 Å². The van der Waals surface area contributed by atoms with Crippen LogP contribution in [-0.4, -0.2) is 63.2 Å². The number of carbonyl (C=O) groups is 2. The molecular weight excluding hydrogens is 316 g/mol. The van der Waals surface area contributed by atoms with Gasteiger partial charge in [0.2, 0.25) is 17.7 Å². The fourth-order valence-electron chi connectivity index (χ4n) is 3.44. The Kier molecular flexibility index (Phi) is 4.52. The first-order valence-corrected chi connectivity index (χ1v) is 8.91. The molecule has 8 heteroatoms. The molecule has 2 amide bonds. The van der Waals surface area contributed by atoms with Crippen molar-refractivity contribution in [3.8, 4) is 5.88 Å². The molecule has 1 atom stereocenters. The largest absolute Gasteiger partial charge is 0.481 e. The zero-order valence-corrected chi connectivity index (χ0v) is 14.6. The van der Waals surface area contributed by atoms with Crippen molar-refractivity contribution in [2.24, 2.45) is 7.05 Å². The molecule has 0 aliphatic carbocycles. The molecule has 1 aromatic heterocycles. The summed E-state index contributed by atoms with van der Waals surface area (Å²) in [6.45, 7) is 2.83. The minimum absolute atomic E-state index is 0.00801. The first kappa shape index (κ1) is 16.2. The van der Waals surface area contributed by atoms with Gasteiger partial charge in [0.1, 0.15) is 6.54 Å². The zero-order valence-electron chi connectivity index (χ0n) is 13.7. The van der Waals surface area contributed by atoms with Crippen LogP contribution in [0.4, 0.5) is 0 Å². The van der Waals surface area contributed by atoms with Crippen LogP contribution in [0.2, 0.25) is 0 Å². The SMILES string of the molecule is COc1c([C@@H]2CCCN2C(=O)CN2CSCC2=O)c(C)nn1C. The van der Waals surface area contributed by atoms with Gasteiger partial charge in [0, 0.05) is 13.6 Å². The molecule has 2 aliphatic rings. The smallest absolute Gasteiger partial charge is 0.242 e. The quantitative estimate of drug-likeness (QED) is 0.817. The summed E-state index contributed by atoms with van der Waals surface area (Å²) in [5, 5.41) is 4.42. The van der Waals surface area contributed by atoms with E-state index >= 15 is 0 Å². The topological polar surface area (TPSA) is 67.7 Å². The van der Waals surface area contributed by atoms with E-state index in [-0.39, 0.29) is 24.4 Å².